The average Bonchev–Trinajstić information content (AvgIpc) is 2.61. The number of nitrogens with one attached hydrogen (secondary N) is 1. The Labute approximate surface area is 149 Å². The van der Waals surface area contributed by atoms with E-state index in [1.54, 1.807) is 29.2 Å². The number of halogens is 2. The minimum absolute atomic E-state index is 0.0663. The average molecular weight is 363 g/mol. The molecule has 1 atom stereocenters. The van der Waals surface area contributed by atoms with Crippen LogP contribution >= 0.6 is 11.6 Å². The van der Waals surface area contributed by atoms with Crippen LogP contribution in [0.1, 0.15) is 10.4 Å². The monoisotopic (exact) mass is 362 g/mol. The molecule has 0 bridgehead atoms. The molecule has 7 heteroatoms. The summed E-state index contributed by atoms with van der Waals surface area (Å²) >= 11 is 5.87. The van der Waals surface area contributed by atoms with Crippen molar-refractivity contribution in [2.45, 2.75) is 6.10 Å². The fraction of sp³-hybridized carbons (Fsp3) is 0.222. The maximum Gasteiger partial charge on any atom is 0.253 e. The van der Waals surface area contributed by atoms with E-state index in [0.717, 1.165) is 5.69 Å². The Morgan fingerprint density at radius 1 is 1.28 bits per heavy atom. The van der Waals surface area contributed by atoms with Gasteiger partial charge in [0.25, 0.3) is 11.8 Å². The number of hydrogen-bond donors (Lipinski definition) is 1. The molecule has 2 amide bonds. The lowest BCUT2D eigenvalue weighted by Crippen LogP contribution is -2.50. The fourth-order valence-corrected chi connectivity index (χ4v) is 2.68. The molecule has 0 aromatic heterocycles. The van der Waals surface area contributed by atoms with Crippen LogP contribution in [0.15, 0.2) is 48.5 Å². The van der Waals surface area contributed by atoms with Gasteiger partial charge < -0.3 is 15.0 Å². The molecular formula is C18H16ClFN2O3. The summed E-state index contributed by atoms with van der Waals surface area (Å²) in [4.78, 5) is 25.7. The van der Waals surface area contributed by atoms with E-state index in [4.69, 9.17) is 16.3 Å². The first kappa shape index (κ1) is 17.4. The second-order valence-electron chi connectivity index (χ2n) is 5.63. The first-order valence-electron chi connectivity index (χ1n) is 7.74. The van der Waals surface area contributed by atoms with Crippen molar-refractivity contribution in [3.63, 3.8) is 0 Å². The normalized spacial score (nSPS) is 17.4. The zero-order valence-corrected chi connectivity index (χ0v) is 14.0. The molecule has 1 N–H and O–H groups in total. The number of benzene rings is 2. The third-order valence-corrected chi connectivity index (χ3v) is 4.10. The lowest BCUT2D eigenvalue weighted by Gasteiger charge is -2.32. The summed E-state index contributed by atoms with van der Waals surface area (Å²) in [5, 5.41) is 3.29. The minimum Gasteiger partial charge on any atom is -0.365 e. The van der Waals surface area contributed by atoms with Crippen LogP contribution in [0.25, 0.3) is 0 Å². The number of carbonyl (C=O) groups is 2. The first-order valence-corrected chi connectivity index (χ1v) is 8.12. The van der Waals surface area contributed by atoms with Gasteiger partial charge in [0.15, 0.2) is 0 Å². The highest BCUT2D eigenvalue weighted by atomic mass is 35.5. The summed E-state index contributed by atoms with van der Waals surface area (Å²) in [7, 11) is 0. The van der Waals surface area contributed by atoms with Crippen molar-refractivity contribution < 1.29 is 18.7 Å². The van der Waals surface area contributed by atoms with E-state index in [2.05, 4.69) is 5.32 Å². The van der Waals surface area contributed by atoms with E-state index in [0.29, 0.717) is 11.6 Å². The van der Waals surface area contributed by atoms with E-state index in [9.17, 15) is 14.0 Å². The topological polar surface area (TPSA) is 58.6 Å². The summed E-state index contributed by atoms with van der Waals surface area (Å²) in [6.07, 6.45) is -0.356. The molecule has 2 aromatic carbocycles. The zero-order chi connectivity index (χ0) is 17.8. The summed E-state index contributed by atoms with van der Waals surface area (Å²) < 4.78 is 18.6. The smallest absolute Gasteiger partial charge is 0.253 e. The molecular weight excluding hydrogens is 347 g/mol. The second-order valence-corrected chi connectivity index (χ2v) is 6.07. The van der Waals surface area contributed by atoms with Crippen LogP contribution in [0, 0.1) is 5.82 Å². The molecule has 3 rings (SSSR count). The van der Waals surface area contributed by atoms with E-state index in [1.807, 2.05) is 0 Å². The van der Waals surface area contributed by atoms with Crippen LogP contribution in [-0.2, 0) is 9.53 Å². The quantitative estimate of drug-likeness (QED) is 0.909. The number of nitrogens with zero attached hydrogens (tertiary/aromatic N) is 1. The Kier molecular flexibility index (Phi) is 5.31. The van der Waals surface area contributed by atoms with Crippen molar-refractivity contribution in [2.75, 3.05) is 24.6 Å². The van der Waals surface area contributed by atoms with Crippen LogP contribution in [0.2, 0.25) is 5.02 Å². The van der Waals surface area contributed by atoms with Crippen molar-refractivity contribution in [2.24, 2.45) is 0 Å². The van der Waals surface area contributed by atoms with E-state index < -0.39 is 11.7 Å². The maximum absolute atomic E-state index is 13.2. The van der Waals surface area contributed by atoms with Gasteiger partial charge in [-0.05, 0) is 42.5 Å². The molecule has 2 aromatic rings. The van der Waals surface area contributed by atoms with Crippen LogP contribution in [0.5, 0.6) is 0 Å². The van der Waals surface area contributed by atoms with Crippen molar-refractivity contribution >= 4 is 29.1 Å². The van der Waals surface area contributed by atoms with Crippen molar-refractivity contribution in [3.05, 3.63) is 64.9 Å². The molecule has 5 nitrogen and oxygen atoms in total. The van der Waals surface area contributed by atoms with Gasteiger partial charge in [-0.3, -0.25) is 9.59 Å². The van der Waals surface area contributed by atoms with Gasteiger partial charge in [0.1, 0.15) is 12.4 Å². The Bertz CT molecular complexity index is 782. The molecule has 0 aliphatic carbocycles. The van der Waals surface area contributed by atoms with E-state index >= 15 is 0 Å². The predicted molar refractivity (Wildman–Crippen MR) is 92.3 cm³/mol. The summed E-state index contributed by atoms with van der Waals surface area (Å²) in [6.45, 7) is 0.458. The molecule has 1 saturated heterocycles. The number of morpholine rings is 1. The summed E-state index contributed by atoms with van der Waals surface area (Å²) in [6, 6.07) is 12.4. The third kappa shape index (κ3) is 4.35. The van der Waals surface area contributed by atoms with Gasteiger partial charge in [-0.15, -0.1) is 0 Å². The Morgan fingerprint density at radius 2 is 2.04 bits per heavy atom. The third-order valence-electron chi connectivity index (χ3n) is 3.85. The maximum atomic E-state index is 13.2. The molecule has 1 aliphatic heterocycles. The minimum atomic E-state index is -0.471. The van der Waals surface area contributed by atoms with Crippen LogP contribution in [0.4, 0.5) is 10.1 Å². The molecule has 130 valence electrons. The molecule has 0 radical (unpaired) electrons. The van der Waals surface area contributed by atoms with Gasteiger partial charge >= 0.3 is 0 Å². The number of hydrogen-bond acceptors (Lipinski definition) is 3. The molecule has 0 saturated carbocycles. The van der Waals surface area contributed by atoms with Gasteiger partial charge in [0.2, 0.25) is 0 Å². The Balaban J connectivity index is 1.61. The van der Waals surface area contributed by atoms with E-state index in [-0.39, 0.29) is 30.7 Å². The highest BCUT2D eigenvalue weighted by Crippen LogP contribution is 2.21. The van der Waals surface area contributed by atoms with Crippen LogP contribution in [0.3, 0.4) is 0 Å². The molecule has 1 heterocycles. The lowest BCUT2D eigenvalue weighted by atomic mass is 10.2. The molecule has 0 spiro atoms. The molecule has 1 fully saturated rings. The van der Waals surface area contributed by atoms with Crippen molar-refractivity contribution in [3.8, 4) is 0 Å². The van der Waals surface area contributed by atoms with Crippen molar-refractivity contribution in [1.29, 1.82) is 0 Å². The summed E-state index contributed by atoms with van der Waals surface area (Å²) in [5.41, 5.74) is 0.959. The Morgan fingerprint density at radius 3 is 2.76 bits per heavy atom. The second kappa shape index (κ2) is 7.63. The largest absolute Gasteiger partial charge is 0.365 e. The molecule has 1 unspecified atom stereocenters. The number of anilines is 1. The van der Waals surface area contributed by atoms with Gasteiger partial charge in [0.05, 0.1) is 12.6 Å². The van der Waals surface area contributed by atoms with Crippen molar-refractivity contribution in [1.82, 2.24) is 5.32 Å². The zero-order valence-electron chi connectivity index (χ0n) is 13.2. The van der Waals surface area contributed by atoms with Crippen LogP contribution in [-0.4, -0.2) is 37.6 Å². The SMILES string of the molecule is O=C(NCC1CN(c2ccc(Cl)cc2)C(=O)CO1)c1cccc(F)c1. The van der Waals surface area contributed by atoms with Gasteiger partial charge in [-0.2, -0.15) is 0 Å². The fourth-order valence-electron chi connectivity index (χ4n) is 2.56. The van der Waals surface area contributed by atoms with Gasteiger partial charge in [-0.25, -0.2) is 4.39 Å². The summed E-state index contributed by atoms with van der Waals surface area (Å²) in [5.74, 6) is -1.02. The van der Waals surface area contributed by atoms with Gasteiger partial charge in [-0.1, -0.05) is 17.7 Å². The lowest BCUT2D eigenvalue weighted by molar-refractivity contribution is -0.129. The van der Waals surface area contributed by atoms with Crippen LogP contribution < -0.4 is 10.2 Å². The number of carbonyl (C=O) groups excluding carboxylic acids is 2. The number of rotatable bonds is 4. The van der Waals surface area contributed by atoms with E-state index in [1.165, 1.54) is 24.3 Å². The highest BCUT2D eigenvalue weighted by molar-refractivity contribution is 6.30. The number of ether oxygens (including phenoxy) is 1. The number of amides is 2. The van der Waals surface area contributed by atoms with Gasteiger partial charge in [0, 0.05) is 22.8 Å². The molecule has 25 heavy (non-hydrogen) atoms. The first-order chi connectivity index (χ1) is 12.0. The predicted octanol–water partition coefficient (Wildman–Crippen LogP) is 2.64. The highest BCUT2D eigenvalue weighted by Gasteiger charge is 2.27. The Hall–Kier alpha value is -2.44. The standard InChI is InChI=1S/C18H16ClFN2O3/c19-13-4-6-15(7-5-13)22-10-16(25-11-17(22)23)9-21-18(24)12-2-1-3-14(20)8-12/h1-8,16H,9-11H2,(H,21,24). The molecule has 1 aliphatic rings.